The van der Waals surface area contributed by atoms with Crippen molar-refractivity contribution in [2.75, 3.05) is 44.2 Å². The second kappa shape index (κ2) is 9.26. The van der Waals surface area contributed by atoms with E-state index in [1.165, 1.54) is 0 Å². The van der Waals surface area contributed by atoms with Crippen LogP contribution in [0.2, 0.25) is 0 Å². The Kier molecular flexibility index (Phi) is 6.02. The van der Waals surface area contributed by atoms with E-state index in [0.717, 1.165) is 48.8 Å². The Bertz CT molecular complexity index is 1190. The molecular formula is C25H27N5O4. The van der Waals surface area contributed by atoms with Crippen molar-refractivity contribution in [3.05, 3.63) is 54.0 Å². The molecule has 0 N–H and O–H groups in total. The summed E-state index contributed by atoms with van der Waals surface area (Å²) >= 11 is 0. The average Bonchev–Trinajstić information content (AvgIpc) is 3.51. The standard InChI is InChI=1S/C25H27N5O4/c1-29(14-18-5-4-10-34-18)23-9-6-17(13-26-23)30-15-21-19(25(30)31)7-8-20(28-21)16-11-22(32-2)24(33-3)27-12-16/h6-9,11-13,18H,4-5,10,14-15H2,1-3H3. The Balaban J connectivity index is 1.33. The number of rotatable bonds is 7. The summed E-state index contributed by atoms with van der Waals surface area (Å²) in [7, 11) is 5.12. The smallest absolute Gasteiger partial charge is 0.260 e. The van der Waals surface area contributed by atoms with Gasteiger partial charge in [-0.2, -0.15) is 0 Å². The summed E-state index contributed by atoms with van der Waals surface area (Å²) in [5.41, 5.74) is 3.55. The van der Waals surface area contributed by atoms with Crippen LogP contribution in [0.1, 0.15) is 28.9 Å². The van der Waals surface area contributed by atoms with Gasteiger partial charge in [-0.15, -0.1) is 0 Å². The highest BCUT2D eigenvalue weighted by atomic mass is 16.5. The number of likely N-dealkylation sites (N-methyl/N-ethyl adjacent to an activating group) is 1. The minimum atomic E-state index is -0.0817. The SMILES string of the molecule is COc1cc(-c2ccc3c(n2)CN(c2ccc(N(C)CC4CCCO4)nc2)C3=O)cnc1OC. The van der Waals surface area contributed by atoms with E-state index >= 15 is 0 Å². The molecule has 0 bridgehead atoms. The molecule has 1 fully saturated rings. The molecule has 2 aliphatic heterocycles. The Morgan fingerprint density at radius 2 is 2.03 bits per heavy atom. The van der Waals surface area contributed by atoms with Gasteiger partial charge in [0, 0.05) is 32.0 Å². The number of hydrogen-bond donors (Lipinski definition) is 0. The maximum absolute atomic E-state index is 13.1. The lowest BCUT2D eigenvalue weighted by molar-refractivity contribution is 0.0996. The first-order valence-corrected chi connectivity index (χ1v) is 11.3. The summed E-state index contributed by atoms with van der Waals surface area (Å²) in [6.07, 6.45) is 5.87. The van der Waals surface area contributed by atoms with E-state index in [9.17, 15) is 4.79 Å². The number of nitrogens with zero attached hydrogens (tertiary/aromatic N) is 5. The Hall–Kier alpha value is -3.72. The predicted octanol–water partition coefficient (Wildman–Crippen LogP) is 3.33. The van der Waals surface area contributed by atoms with Gasteiger partial charge in [0.15, 0.2) is 5.75 Å². The zero-order valence-corrected chi connectivity index (χ0v) is 19.5. The zero-order valence-electron chi connectivity index (χ0n) is 19.5. The summed E-state index contributed by atoms with van der Waals surface area (Å²) in [4.78, 5) is 30.5. The fourth-order valence-electron chi connectivity index (χ4n) is 4.38. The molecule has 3 aromatic rings. The molecule has 2 aliphatic rings. The van der Waals surface area contributed by atoms with E-state index in [1.54, 1.807) is 31.5 Å². The molecule has 176 valence electrons. The molecule has 0 radical (unpaired) electrons. The third-order valence-electron chi connectivity index (χ3n) is 6.22. The number of pyridine rings is 3. The van der Waals surface area contributed by atoms with E-state index in [2.05, 4.69) is 14.9 Å². The molecule has 1 unspecified atom stereocenters. The lowest BCUT2D eigenvalue weighted by atomic mass is 10.1. The molecule has 5 heterocycles. The summed E-state index contributed by atoms with van der Waals surface area (Å²) < 4.78 is 16.3. The molecule has 9 nitrogen and oxygen atoms in total. The first-order valence-electron chi connectivity index (χ1n) is 11.3. The molecule has 0 spiro atoms. The number of carbonyl (C=O) groups is 1. The molecule has 1 amide bonds. The molecule has 0 aliphatic carbocycles. The second-order valence-electron chi connectivity index (χ2n) is 8.41. The molecule has 3 aromatic heterocycles. The molecule has 9 heteroatoms. The highest BCUT2D eigenvalue weighted by molar-refractivity contribution is 6.09. The van der Waals surface area contributed by atoms with Crippen LogP contribution in [0.15, 0.2) is 42.7 Å². The van der Waals surface area contributed by atoms with Crippen LogP contribution in [0.4, 0.5) is 11.5 Å². The van der Waals surface area contributed by atoms with Crippen molar-refractivity contribution in [1.82, 2.24) is 15.0 Å². The number of amides is 1. The third kappa shape index (κ3) is 4.14. The van der Waals surface area contributed by atoms with Gasteiger partial charge in [0.1, 0.15) is 5.82 Å². The lowest BCUT2D eigenvalue weighted by Gasteiger charge is -2.22. The van der Waals surface area contributed by atoms with Crippen LogP contribution in [0.25, 0.3) is 11.3 Å². The van der Waals surface area contributed by atoms with Crippen molar-refractivity contribution in [3.8, 4) is 22.9 Å². The number of anilines is 2. The lowest BCUT2D eigenvalue weighted by Crippen LogP contribution is -2.29. The third-order valence-corrected chi connectivity index (χ3v) is 6.22. The minimum Gasteiger partial charge on any atom is -0.491 e. The van der Waals surface area contributed by atoms with Crippen LogP contribution in [0, 0.1) is 0 Å². The molecule has 0 saturated carbocycles. The van der Waals surface area contributed by atoms with Crippen molar-refractivity contribution in [2.24, 2.45) is 0 Å². The van der Waals surface area contributed by atoms with Gasteiger partial charge in [-0.1, -0.05) is 0 Å². The first-order chi connectivity index (χ1) is 16.6. The van der Waals surface area contributed by atoms with Gasteiger partial charge in [0.05, 0.1) is 55.7 Å². The molecule has 0 aromatic carbocycles. The van der Waals surface area contributed by atoms with Crippen molar-refractivity contribution in [1.29, 1.82) is 0 Å². The van der Waals surface area contributed by atoms with E-state index in [1.807, 2.05) is 37.4 Å². The fraction of sp³-hybridized carbons (Fsp3) is 0.360. The van der Waals surface area contributed by atoms with Crippen LogP contribution in [0.5, 0.6) is 11.6 Å². The number of aromatic nitrogens is 3. The Labute approximate surface area is 198 Å². The highest BCUT2D eigenvalue weighted by Gasteiger charge is 2.30. The summed E-state index contributed by atoms with van der Waals surface area (Å²) in [5.74, 6) is 1.70. The van der Waals surface area contributed by atoms with Crippen LogP contribution < -0.4 is 19.3 Å². The Morgan fingerprint density at radius 1 is 1.15 bits per heavy atom. The maximum Gasteiger partial charge on any atom is 0.260 e. The molecule has 5 rings (SSSR count). The van der Waals surface area contributed by atoms with E-state index in [-0.39, 0.29) is 12.0 Å². The largest absolute Gasteiger partial charge is 0.491 e. The van der Waals surface area contributed by atoms with Crippen molar-refractivity contribution in [2.45, 2.75) is 25.5 Å². The quantitative estimate of drug-likeness (QED) is 0.529. The van der Waals surface area contributed by atoms with E-state index < -0.39 is 0 Å². The van der Waals surface area contributed by atoms with Crippen LogP contribution in [-0.4, -0.2) is 61.4 Å². The molecule has 1 atom stereocenters. The maximum atomic E-state index is 13.1. The fourth-order valence-corrected chi connectivity index (χ4v) is 4.38. The van der Waals surface area contributed by atoms with Gasteiger partial charge in [0.25, 0.3) is 11.8 Å². The first kappa shape index (κ1) is 22.1. The van der Waals surface area contributed by atoms with Gasteiger partial charge in [-0.25, -0.2) is 9.97 Å². The van der Waals surface area contributed by atoms with Crippen LogP contribution in [-0.2, 0) is 11.3 Å². The molecule has 34 heavy (non-hydrogen) atoms. The Morgan fingerprint density at radius 3 is 2.74 bits per heavy atom. The van der Waals surface area contributed by atoms with Gasteiger partial charge in [-0.3, -0.25) is 9.78 Å². The monoisotopic (exact) mass is 461 g/mol. The summed E-state index contributed by atoms with van der Waals surface area (Å²) in [6, 6.07) is 9.33. The van der Waals surface area contributed by atoms with Crippen molar-refractivity contribution >= 4 is 17.4 Å². The molecule has 1 saturated heterocycles. The predicted molar refractivity (Wildman–Crippen MR) is 128 cm³/mol. The van der Waals surface area contributed by atoms with Crippen molar-refractivity contribution < 1.29 is 19.0 Å². The molecular weight excluding hydrogens is 434 g/mol. The zero-order chi connectivity index (χ0) is 23.7. The number of fused-ring (bicyclic) bond motifs is 1. The minimum absolute atomic E-state index is 0.0817. The number of carbonyl (C=O) groups excluding carboxylic acids is 1. The van der Waals surface area contributed by atoms with Gasteiger partial charge < -0.3 is 24.0 Å². The van der Waals surface area contributed by atoms with Gasteiger partial charge >= 0.3 is 0 Å². The number of hydrogen-bond acceptors (Lipinski definition) is 8. The number of methoxy groups -OCH3 is 2. The number of ether oxygens (including phenoxy) is 3. The van der Waals surface area contributed by atoms with Gasteiger partial charge in [0.2, 0.25) is 0 Å². The normalized spacial score (nSPS) is 17.1. The summed E-state index contributed by atoms with van der Waals surface area (Å²) in [6.45, 7) is 2.02. The van der Waals surface area contributed by atoms with E-state index in [0.29, 0.717) is 29.4 Å². The van der Waals surface area contributed by atoms with Gasteiger partial charge in [-0.05, 0) is 43.2 Å². The second-order valence-corrected chi connectivity index (χ2v) is 8.41. The topological polar surface area (TPSA) is 89.9 Å². The van der Waals surface area contributed by atoms with Crippen LogP contribution >= 0.6 is 0 Å². The van der Waals surface area contributed by atoms with Crippen LogP contribution in [0.3, 0.4) is 0 Å². The summed E-state index contributed by atoms with van der Waals surface area (Å²) in [5, 5.41) is 0. The highest BCUT2D eigenvalue weighted by Crippen LogP contribution is 2.32. The van der Waals surface area contributed by atoms with E-state index in [4.69, 9.17) is 19.2 Å². The average molecular weight is 462 g/mol. The van der Waals surface area contributed by atoms with Crippen molar-refractivity contribution in [3.63, 3.8) is 0 Å².